The zero-order valence-electron chi connectivity index (χ0n) is 18.4. The Balaban J connectivity index is 1.33. The number of para-hydroxylation sites is 1. The highest BCUT2D eigenvalue weighted by molar-refractivity contribution is 6.08. The number of carboxylic acid groups (broad SMARTS) is 1. The molecular weight excluding hydrogens is 420 g/mol. The summed E-state index contributed by atoms with van der Waals surface area (Å²) in [5.41, 5.74) is 2.45. The molecule has 1 amide bonds. The van der Waals surface area contributed by atoms with E-state index < -0.39 is 5.97 Å². The number of anilines is 1. The minimum atomic E-state index is -0.883. The van der Waals surface area contributed by atoms with Crippen molar-refractivity contribution < 1.29 is 24.2 Å². The molecule has 0 bridgehead atoms. The number of rotatable bonds is 10. The van der Waals surface area contributed by atoms with Crippen LogP contribution in [0.1, 0.15) is 19.8 Å². The highest BCUT2D eigenvalue weighted by Gasteiger charge is 2.13. The number of ether oxygens (including phenoxy) is 2. The number of fused-ring (bicyclic) bond motifs is 3. The number of aliphatic carboxylic acids is 1. The highest BCUT2D eigenvalue weighted by atomic mass is 16.5. The van der Waals surface area contributed by atoms with Crippen molar-refractivity contribution in [3.05, 3.63) is 66.7 Å². The Labute approximate surface area is 191 Å². The van der Waals surface area contributed by atoms with E-state index in [0.29, 0.717) is 30.4 Å². The van der Waals surface area contributed by atoms with Crippen LogP contribution >= 0.6 is 0 Å². The molecule has 0 radical (unpaired) electrons. The number of carboxylic acids is 1. The lowest BCUT2D eigenvalue weighted by atomic mass is 10.1. The van der Waals surface area contributed by atoms with Crippen LogP contribution in [-0.2, 0) is 16.1 Å². The van der Waals surface area contributed by atoms with Crippen molar-refractivity contribution in [3.63, 3.8) is 0 Å². The fraction of sp³-hybridized carbons (Fsp3) is 0.231. The number of benzene rings is 3. The summed E-state index contributed by atoms with van der Waals surface area (Å²) < 4.78 is 13.5. The molecular formula is C26H26N2O5. The van der Waals surface area contributed by atoms with Gasteiger partial charge in [0.05, 0.1) is 18.7 Å². The number of nitrogens with zero attached hydrogens (tertiary/aromatic N) is 1. The van der Waals surface area contributed by atoms with Gasteiger partial charge in [0.1, 0.15) is 18.0 Å². The van der Waals surface area contributed by atoms with E-state index in [-0.39, 0.29) is 12.5 Å². The fourth-order valence-electron chi connectivity index (χ4n) is 3.88. The van der Waals surface area contributed by atoms with Gasteiger partial charge in [0, 0.05) is 41.0 Å². The third kappa shape index (κ3) is 5.44. The minimum Gasteiger partial charge on any atom is -0.494 e. The lowest BCUT2D eigenvalue weighted by Gasteiger charge is -2.10. The Morgan fingerprint density at radius 2 is 1.55 bits per heavy atom. The van der Waals surface area contributed by atoms with E-state index in [2.05, 4.69) is 5.32 Å². The molecule has 0 saturated heterocycles. The molecule has 0 unspecified atom stereocenters. The van der Waals surface area contributed by atoms with Crippen molar-refractivity contribution in [3.8, 4) is 11.5 Å². The number of unbranched alkanes of at least 4 members (excludes halogenated alkanes) is 1. The van der Waals surface area contributed by atoms with Crippen LogP contribution in [0, 0.1) is 0 Å². The van der Waals surface area contributed by atoms with Gasteiger partial charge >= 0.3 is 5.97 Å². The number of amides is 1. The molecule has 0 spiro atoms. The van der Waals surface area contributed by atoms with Crippen molar-refractivity contribution in [2.45, 2.75) is 26.3 Å². The molecule has 0 saturated carbocycles. The van der Waals surface area contributed by atoms with Gasteiger partial charge in [0.2, 0.25) is 5.91 Å². The molecule has 170 valence electrons. The molecule has 1 heterocycles. The first-order chi connectivity index (χ1) is 16.0. The quantitative estimate of drug-likeness (QED) is 0.332. The number of carbonyl (C=O) groups is 2. The summed E-state index contributed by atoms with van der Waals surface area (Å²) >= 11 is 0. The van der Waals surface area contributed by atoms with Crippen molar-refractivity contribution >= 4 is 39.4 Å². The van der Waals surface area contributed by atoms with Crippen LogP contribution in [0.5, 0.6) is 11.5 Å². The number of aromatic nitrogens is 1. The summed E-state index contributed by atoms with van der Waals surface area (Å²) in [7, 11) is 0. The monoisotopic (exact) mass is 446 g/mol. The normalized spacial score (nSPS) is 10.9. The molecule has 2 N–H and O–H groups in total. The van der Waals surface area contributed by atoms with Crippen LogP contribution < -0.4 is 14.8 Å². The van der Waals surface area contributed by atoms with E-state index >= 15 is 0 Å². The molecule has 0 aliphatic heterocycles. The van der Waals surface area contributed by atoms with E-state index in [4.69, 9.17) is 9.47 Å². The Bertz CT molecular complexity index is 1290. The first kappa shape index (κ1) is 22.2. The molecule has 33 heavy (non-hydrogen) atoms. The van der Waals surface area contributed by atoms with E-state index in [0.717, 1.165) is 34.6 Å². The van der Waals surface area contributed by atoms with Crippen LogP contribution in [0.3, 0.4) is 0 Å². The Kier molecular flexibility index (Phi) is 6.78. The third-order valence-electron chi connectivity index (χ3n) is 5.27. The molecule has 1 aromatic heterocycles. The topological polar surface area (TPSA) is 89.8 Å². The number of hydrogen-bond acceptors (Lipinski definition) is 4. The van der Waals surface area contributed by atoms with Gasteiger partial charge in [-0.15, -0.1) is 0 Å². The van der Waals surface area contributed by atoms with E-state index in [1.807, 2.05) is 65.2 Å². The van der Waals surface area contributed by atoms with Gasteiger partial charge in [0.25, 0.3) is 0 Å². The first-order valence-corrected chi connectivity index (χ1v) is 10.9. The summed E-state index contributed by atoms with van der Waals surface area (Å²) in [6.07, 6.45) is 1.62. The lowest BCUT2D eigenvalue weighted by molar-refractivity contribution is -0.137. The molecule has 7 nitrogen and oxygen atoms in total. The molecule has 7 heteroatoms. The summed E-state index contributed by atoms with van der Waals surface area (Å²) in [6.45, 7) is 2.43. The van der Waals surface area contributed by atoms with Crippen molar-refractivity contribution in [1.82, 2.24) is 4.57 Å². The zero-order valence-corrected chi connectivity index (χ0v) is 18.4. The maximum absolute atomic E-state index is 11.4. The van der Waals surface area contributed by atoms with E-state index in [9.17, 15) is 14.7 Å². The van der Waals surface area contributed by atoms with Crippen LogP contribution in [0.2, 0.25) is 0 Å². The molecule has 0 aliphatic carbocycles. The van der Waals surface area contributed by atoms with Gasteiger partial charge < -0.3 is 24.5 Å². The molecule has 3 aromatic carbocycles. The van der Waals surface area contributed by atoms with Crippen LogP contribution in [0.4, 0.5) is 5.69 Å². The Morgan fingerprint density at radius 3 is 2.27 bits per heavy atom. The van der Waals surface area contributed by atoms with Gasteiger partial charge in [-0.2, -0.15) is 0 Å². The van der Waals surface area contributed by atoms with Crippen molar-refractivity contribution in [2.75, 3.05) is 18.5 Å². The van der Waals surface area contributed by atoms with E-state index in [1.54, 1.807) is 6.07 Å². The second-order valence-corrected chi connectivity index (χ2v) is 7.79. The Morgan fingerprint density at radius 1 is 0.848 bits per heavy atom. The summed E-state index contributed by atoms with van der Waals surface area (Å²) in [6, 6.07) is 20.9. The standard InChI is InChI=1S/C26H26N2O5/c1-18(29)27-19-7-6-8-20(15-19)32-13-4-5-14-33-21-11-12-23-22-9-2-3-10-24(22)28(17-26(30)31)25(23)16-21/h2-3,6-12,15-16H,4-5,13-14,17H2,1H3,(H,27,29)(H,30,31). The molecule has 4 aromatic rings. The predicted octanol–water partition coefficient (Wildman–Crippen LogP) is 5.08. The first-order valence-electron chi connectivity index (χ1n) is 10.9. The average molecular weight is 447 g/mol. The zero-order chi connectivity index (χ0) is 23.2. The Hall–Kier alpha value is -4.00. The van der Waals surface area contributed by atoms with Gasteiger partial charge in [-0.25, -0.2) is 0 Å². The second-order valence-electron chi connectivity index (χ2n) is 7.79. The number of nitrogens with one attached hydrogen (secondary N) is 1. The van der Waals surface area contributed by atoms with Gasteiger partial charge in [-0.1, -0.05) is 24.3 Å². The smallest absolute Gasteiger partial charge is 0.323 e. The van der Waals surface area contributed by atoms with Gasteiger partial charge in [0.15, 0.2) is 0 Å². The largest absolute Gasteiger partial charge is 0.494 e. The summed E-state index contributed by atoms with van der Waals surface area (Å²) in [5, 5.41) is 14.1. The van der Waals surface area contributed by atoms with Crippen LogP contribution in [0.15, 0.2) is 66.7 Å². The average Bonchev–Trinajstić information content (AvgIpc) is 3.09. The SMILES string of the molecule is CC(=O)Nc1cccc(OCCCCOc2ccc3c4ccccc4n(CC(=O)O)c3c2)c1. The summed E-state index contributed by atoms with van der Waals surface area (Å²) in [4.78, 5) is 22.6. The number of hydrogen-bond donors (Lipinski definition) is 2. The third-order valence-corrected chi connectivity index (χ3v) is 5.27. The molecule has 4 rings (SSSR count). The van der Waals surface area contributed by atoms with Gasteiger partial charge in [-0.05, 0) is 43.2 Å². The molecule has 0 aliphatic rings. The van der Waals surface area contributed by atoms with Crippen molar-refractivity contribution in [1.29, 1.82) is 0 Å². The van der Waals surface area contributed by atoms with Gasteiger partial charge in [-0.3, -0.25) is 9.59 Å². The maximum Gasteiger partial charge on any atom is 0.323 e. The van der Waals surface area contributed by atoms with Crippen molar-refractivity contribution in [2.24, 2.45) is 0 Å². The second kappa shape index (κ2) is 10.1. The van der Waals surface area contributed by atoms with Crippen LogP contribution in [0.25, 0.3) is 21.8 Å². The minimum absolute atomic E-state index is 0.103. The van der Waals surface area contributed by atoms with E-state index in [1.165, 1.54) is 6.92 Å². The summed E-state index contributed by atoms with van der Waals surface area (Å²) in [5.74, 6) is 0.414. The maximum atomic E-state index is 11.4. The highest BCUT2D eigenvalue weighted by Crippen LogP contribution is 2.31. The van der Waals surface area contributed by atoms with Crippen LogP contribution in [-0.4, -0.2) is 34.8 Å². The lowest BCUT2D eigenvalue weighted by Crippen LogP contribution is -2.08. The molecule has 0 fully saturated rings. The molecule has 0 atom stereocenters. The fourth-order valence-corrected chi connectivity index (χ4v) is 3.88. The number of carbonyl (C=O) groups excluding carboxylic acids is 1. The predicted molar refractivity (Wildman–Crippen MR) is 128 cm³/mol.